The van der Waals surface area contributed by atoms with E-state index in [1.807, 2.05) is 23.1 Å². The molecular weight excluding hydrogens is 559 g/mol. The second-order valence-electron chi connectivity index (χ2n) is 11.9. The summed E-state index contributed by atoms with van der Waals surface area (Å²) in [4.78, 5) is 20.2. The molecule has 0 spiro atoms. The van der Waals surface area contributed by atoms with Crippen molar-refractivity contribution in [2.75, 3.05) is 26.2 Å². The first-order valence-electron chi connectivity index (χ1n) is 14.7. The average molecular weight is 592 g/mol. The quantitative estimate of drug-likeness (QED) is 0.312. The van der Waals surface area contributed by atoms with Crippen LogP contribution >= 0.6 is 0 Å². The maximum atomic E-state index is 13.6. The minimum absolute atomic E-state index is 0.0515. The van der Waals surface area contributed by atoms with Crippen molar-refractivity contribution in [1.29, 1.82) is 5.26 Å². The van der Waals surface area contributed by atoms with E-state index in [0.29, 0.717) is 37.4 Å². The van der Waals surface area contributed by atoms with Crippen LogP contribution in [0.1, 0.15) is 49.8 Å². The number of piperidine rings is 1. The Morgan fingerprint density at radius 1 is 1.12 bits per heavy atom. The van der Waals surface area contributed by atoms with Gasteiger partial charge in [-0.25, -0.2) is 15.0 Å². The number of rotatable bonds is 8. The number of H-pyrrole nitrogens is 1. The summed E-state index contributed by atoms with van der Waals surface area (Å²) in [5.41, 5.74) is 1.73. The van der Waals surface area contributed by atoms with Crippen LogP contribution in [0.2, 0.25) is 0 Å². The van der Waals surface area contributed by atoms with Crippen molar-refractivity contribution in [2.45, 2.75) is 68.9 Å². The third-order valence-corrected chi connectivity index (χ3v) is 9.12. The molecule has 1 aliphatic carbocycles. The number of fused-ring (bicyclic) bond motifs is 1. The SMILES string of the molecule is N#CCC1(n2cc(-c3ncnc4[nH]ccc34)cn2)CC(N2CCC(Oc3cc(CN4CCC4)cc(C(F)(F)F)n3)CC2)C1. The number of nitrogens with zero attached hydrogens (tertiary/aromatic N) is 8. The lowest BCUT2D eigenvalue weighted by Crippen LogP contribution is -2.58. The third kappa shape index (κ3) is 5.45. The number of aromatic nitrogens is 6. The van der Waals surface area contributed by atoms with Crippen LogP contribution in [0.3, 0.4) is 0 Å². The fourth-order valence-corrected chi connectivity index (χ4v) is 6.63. The first-order chi connectivity index (χ1) is 20.8. The molecule has 1 saturated carbocycles. The molecule has 4 aromatic heterocycles. The molecule has 3 fully saturated rings. The summed E-state index contributed by atoms with van der Waals surface area (Å²) in [5.74, 6) is 0.0515. The van der Waals surface area contributed by atoms with E-state index >= 15 is 0 Å². The fourth-order valence-electron chi connectivity index (χ4n) is 6.63. The van der Waals surface area contributed by atoms with Gasteiger partial charge in [-0.05, 0) is 62.9 Å². The highest BCUT2D eigenvalue weighted by Gasteiger charge is 2.49. The summed E-state index contributed by atoms with van der Waals surface area (Å²) < 4.78 is 48.6. The summed E-state index contributed by atoms with van der Waals surface area (Å²) in [5, 5.41) is 15.2. The average Bonchev–Trinajstić information content (AvgIpc) is 3.63. The first kappa shape index (κ1) is 27.8. The number of likely N-dealkylation sites (tertiary alicyclic amines) is 2. The van der Waals surface area contributed by atoms with Crippen molar-refractivity contribution in [1.82, 2.24) is 39.5 Å². The van der Waals surface area contributed by atoms with Crippen LogP contribution in [0, 0.1) is 11.3 Å². The van der Waals surface area contributed by atoms with E-state index in [1.165, 1.54) is 6.33 Å². The van der Waals surface area contributed by atoms with Crippen LogP contribution in [0.25, 0.3) is 22.3 Å². The van der Waals surface area contributed by atoms with Gasteiger partial charge in [-0.15, -0.1) is 0 Å². The van der Waals surface area contributed by atoms with Gasteiger partial charge in [0.15, 0.2) is 0 Å². The molecule has 6 heterocycles. The Hall–Kier alpha value is -4.02. The molecule has 2 saturated heterocycles. The molecule has 2 aliphatic heterocycles. The smallest absolute Gasteiger partial charge is 0.433 e. The predicted octanol–water partition coefficient (Wildman–Crippen LogP) is 4.76. The molecular formula is C30H32F3N9O. The van der Waals surface area contributed by atoms with Gasteiger partial charge in [-0.3, -0.25) is 14.5 Å². The van der Waals surface area contributed by atoms with Gasteiger partial charge in [0.2, 0.25) is 5.88 Å². The van der Waals surface area contributed by atoms with Crippen LogP contribution in [0.4, 0.5) is 13.2 Å². The largest absolute Gasteiger partial charge is 0.474 e. The number of ether oxygens (including phenoxy) is 1. The molecule has 4 aromatic rings. The zero-order valence-corrected chi connectivity index (χ0v) is 23.6. The predicted molar refractivity (Wildman–Crippen MR) is 151 cm³/mol. The number of halogens is 3. The Morgan fingerprint density at radius 3 is 2.65 bits per heavy atom. The van der Waals surface area contributed by atoms with Gasteiger partial charge in [-0.2, -0.15) is 23.5 Å². The molecule has 0 atom stereocenters. The lowest BCUT2D eigenvalue weighted by Gasteiger charge is -2.52. The number of hydrogen-bond acceptors (Lipinski definition) is 8. The Balaban J connectivity index is 0.986. The zero-order chi connectivity index (χ0) is 29.6. The van der Waals surface area contributed by atoms with Crippen molar-refractivity contribution in [3.8, 4) is 23.2 Å². The van der Waals surface area contributed by atoms with Crippen molar-refractivity contribution in [2.24, 2.45) is 0 Å². The second-order valence-corrected chi connectivity index (χ2v) is 11.9. The lowest BCUT2D eigenvalue weighted by atomic mass is 9.69. The van der Waals surface area contributed by atoms with E-state index in [2.05, 4.69) is 40.9 Å². The van der Waals surface area contributed by atoms with Gasteiger partial charge in [0.05, 0.1) is 29.9 Å². The Bertz CT molecular complexity index is 1640. The van der Waals surface area contributed by atoms with Gasteiger partial charge in [0.25, 0.3) is 0 Å². The first-order valence-corrected chi connectivity index (χ1v) is 14.7. The molecule has 13 heteroatoms. The lowest BCUT2D eigenvalue weighted by molar-refractivity contribution is -0.141. The number of hydrogen-bond donors (Lipinski definition) is 1. The summed E-state index contributed by atoms with van der Waals surface area (Å²) in [7, 11) is 0. The van der Waals surface area contributed by atoms with Gasteiger partial charge >= 0.3 is 6.18 Å². The zero-order valence-electron chi connectivity index (χ0n) is 23.6. The van der Waals surface area contributed by atoms with Crippen molar-refractivity contribution < 1.29 is 17.9 Å². The van der Waals surface area contributed by atoms with Crippen molar-refractivity contribution in [3.63, 3.8) is 0 Å². The van der Waals surface area contributed by atoms with Crippen LogP contribution < -0.4 is 4.74 Å². The van der Waals surface area contributed by atoms with Gasteiger partial charge in [-0.1, -0.05) is 0 Å². The van der Waals surface area contributed by atoms with Crippen LogP contribution in [0.15, 0.2) is 43.1 Å². The molecule has 0 bridgehead atoms. The Labute approximate surface area is 246 Å². The van der Waals surface area contributed by atoms with Gasteiger partial charge in [0.1, 0.15) is 23.8 Å². The van der Waals surface area contributed by atoms with E-state index in [-0.39, 0.29) is 17.5 Å². The summed E-state index contributed by atoms with van der Waals surface area (Å²) >= 11 is 0. The molecule has 0 aromatic carbocycles. The highest BCUT2D eigenvalue weighted by atomic mass is 19.4. The van der Waals surface area contributed by atoms with E-state index in [1.54, 1.807) is 12.3 Å². The fraction of sp³-hybridized carbons (Fsp3) is 0.500. The standard InChI is InChI=1S/C30H32F3N9O/c31-30(32,33)25-12-20(17-40-8-1-9-40)13-26(39-25)43-23-3-10-41(11-4-23)22-14-29(15-22,5-6-34)42-18-21(16-38-42)27-24-2-7-35-28(24)37-19-36-27/h2,7,12-13,16,18-19,22-23H,1,3-5,8-11,14-15,17H2,(H,35,36,37). The molecule has 0 radical (unpaired) electrons. The maximum absolute atomic E-state index is 13.6. The minimum atomic E-state index is -4.52. The molecule has 1 N–H and O–H groups in total. The number of alkyl halides is 3. The normalized spacial score (nSPS) is 23.5. The Kier molecular flexibility index (Phi) is 7.05. The molecule has 224 valence electrons. The highest BCUT2D eigenvalue weighted by molar-refractivity contribution is 5.90. The van der Waals surface area contributed by atoms with E-state index in [0.717, 1.165) is 73.8 Å². The highest BCUT2D eigenvalue weighted by Crippen LogP contribution is 2.45. The summed E-state index contributed by atoms with van der Waals surface area (Å²) in [6.45, 7) is 3.81. The molecule has 0 unspecified atom stereocenters. The van der Waals surface area contributed by atoms with Gasteiger partial charge < -0.3 is 9.72 Å². The summed E-state index contributed by atoms with van der Waals surface area (Å²) in [6, 6.07) is 7.39. The Morgan fingerprint density at radius 2 is 1.93 bits per heavy atom. The third-order valence-electron chi connectivity index (χ3n) is 9.12. The topological polar surface area (TPSA) is 112 Å². The van der Waals surface area contributed by atoms with E-state index in [9.17, 15) is 18.4 Å². The van der Waals surface area contributed by atoms with Gasteiger partial charge in [0, 0.05) is 55.1 Å². The minimum Gasteiger partial charge on any atom is -0.474 e. The molecule has 0 amide bonds. The molecule has 7 rings (SSSR count). The van der Waals surface area contributed by atoms with Crippen LogP contribution in [-0.4, -0.2) is 77.8 Å². The number of aromatic amines is 1. The number of nitrogens with one attached hydrogen (secondary N) is 1. The van der Waals surface area contributed by atoms with E-state index in [4.69, 9.17) is 4.74 Å². The molecule has 10 nitrogen and oxygen atoms in total. The van der Waals surface area contributed by atoms with E-state index < -0.39 is 11.9 Å². The monoisotopic (exact) mass is 591 g/mol. The summed E-state index contributed by atoms with van der Waals surface area (Å²) in [6.07, 6.45) is 6.83. The number of pyridine rings is 1. The number of nitriles is 1. The molecule has 3 aliphatic rings. The maximum Gasteiger partial charge on any atom is 0.433 e. The van der Waals surface area contributed by atoms with Crippen LogP contribution in [-0.2, 0) is 18.3 Å². The van der Waals surface area contributed by atoms with Crippen LogP contribution in [0.5, 0.6) is 5.88 Å². The molecule has 43 heavy (non-hydrogen) atoms. The van der Waals surface area contributed by atoms with Crippen molar-refractivity contribution in [3.05, 3.63) is 54.4 Å². The second kappa shape index (κ2) is 10.9. The van der Waals surface area contributed by atoms with Crippen molar-refractivity contribution >= 4 is 11.0 Å².